The van der Waals surface area contributed by atoms with E-state index in [0.717, 1.165) is 25.6 Å². The van der Waals surface area contributed by atoms with Gasteiger partial charge in [0, 0.05) is 30.1 Å². The van der Waals surface area contributed by atoms with Gasteiger partial charge in [0.2, 0.25) is 0 Å². The minimum absolute atomic E-state index is 0.212. The van der Waals surface area contributed by atoms with E-state index in [1.54, 1.807) is 0 Å². The van der Waals surface area contributed by atoms with E-state index in [1.165, 1.54) is 49.1 Å². The van der Waals surface area contributed by atoms with Crippen LogP contribution in [0.5, 0.6) is 0 Å². The fraction of sp³-hybridized carbons (Fsp3) is 0.520. The maximum Gasteiger partial charge on any atom is 0.0626 e. The Kier molecular flexibility index (Phi) is 6.77. The van der Waals surface area contributed by atoms with Gasteiger partial charge in [-0.05, 0) is 49.7 Å². The molecule has 0 unspecified atom stereocenters. The number of nitrogens with zero attached hydrogens (tertiary/aromatic N) is 1. The summed E-state index contributed by atoms with van der Waals surface area (Å²) in [5.41, 5.74) is 2.92. The molecule has 0 bridgehead atoms. The van der Waals surface area contributed by atoms with Crippen molar-refractivity contribution in [3.63, 3.8) is 0 Å². The molecule has 28 heavy (non-hydrogen) atoms. The SMILES string of the molecule is C[C@@]1(CO[C@H]2CC[C@@H](c3ccccc3)CC2)CN(Cc2ccccc2)CCS1. The summed E-state index contributed by atoms with van der Waals surface area (Å²) in [5, 5.41) is 0. The third-order valence-corrected chi connectivity index (χ3v) is 7.57. The molecule has 2 aromatic carbocycles. The molecule has 1 aliphatic carbocycles. The third kappa shape index (κ3) is 5.40. The van der Waals surface area contributed by atoms with Gasteiger partial charge in [-0.25, -0.2) is 0 Å². The zero-order valence-corrected chi connectivity index (χ0v) is 17.9. The monoisotopic (exact) mass is 395 g/mol. The number of thioether (sulfide) groups is 1. The van der Waals surface area contributed by atoms with E-state index >= 15 is 0 Å². The van der Waals surface area contributed by atoms with Crippen molar-refractivity contribution < 1.29 is 4.74 Å². The lowest BCUT2D eigenvalue weighted by Crippen LogP contribution is -2.47. The normalized spacial score (nSPS) is 28.9. The first-order valence-corrected chi connectivity index (χ1v) is 11.8. The van der Waals surface area contributed by atoms with Crippen molar-refractivity contribution >= 4 is 11.8 Å². The lowest BCUT2D eigenvalue weighted by molar-refractivity contribution is 0.00779. The van der Waals surface area contributed by atoms with Crippen molar-refractivity contribution in [1.82, 2.24) is 4.90 Å². The zero-order chi connectivity index (χ0) is 19.2. The standard InChI is InChI=1S/C25H33NOS/c1-25(19-26(16-17-28-25)18-21-8-4-2-5-9-21)20-27-24-14-12-23(13-15-24)22-10-6-3-7-11-22/h2-11,23-24H,12-20H2,1H3/t23-,24+,25-/m0/s1. The van der Waals surface area contributed by atoms with Crippen LogP contribution in [0.4, 0.5) is 0 Å². The van der Waals surface area contributed by atoms with Crippen LogP contribution >= 0.6 is 11.8 Å². The van der Waals surface area contributed by atoms with E-state index in [1.807, 2.05) is 0 Å². The molecular formula is C25H33NOS. The largest absolute Gasteiger partial charge is 0.377 e. The van der Waals surface area contributed by atoms with E-state index in [9.17, 15) is 0 Å². The van der Waals surface area contributed by atoms with E-state index in [4.69, 9.17) is 4.74 Å². The molecule has 1 heterocycles. The first-order chi connectivity index (χ1) is 13.7. The summed E-state index contributed by atoms with van der Waals surface area (Å²) in [6.07, 6.45) is 5.38. The van der Waals surface area contributed by atoms with Crippen molar-refractivity contribution in [1.29, 1.82) is 0 Å². The molecule has 1 saturated heterocycles. The van der Waals surface area contributed by atoms with Gasteiger partial charge in [-0.2, -0.15) is 11.8 Å². The minimum atomic E-state index is 0.212. The van der Waals surface area contributed by atoms with Gasteiger partial charge in [-0.15, -0.1) is 0 Å². The number of ether oxygens (including phenoxy) is 1. The van der Waals surface area contributed by atoms with E-state index in [0.29, 0.717) is 6.10 Å². The highest BCUT2D eigenvalue weighted by atomic mass is 32.2. The fourth-order valence-electron chi connectivity index (χ4n) is 4.66. The summed E-state index contributed by atoms with van der Waals surface area (Å²) in [5.74, 6) is 1.93. The molecule has 1 aliphatic heterocycles. The van der Waals surface area contributed by atoms with Crippen molar-refractivity contribution in [2.45, 2.75) is 55.9 Å². The summed E-state index contributed by atoms with van der Waals surface area (Å²) in [4.78, 5) is 2.60. The molecule has 0 N–H and O–H groups in total. The van der Waals surface area contributed by atoms with Crippen LogP contribution in [0.3, 0.4) is 0 Å². The molecular weight excluding hydrogens is 362 g/mol. The van der Waals surface area contributed by atoms with Crippen molar-refractivity contribution in [3.05, 3.63) is 71.8 Å². The zero-order valence-electron chi connectivity index (χ0n) is 17.1. The highest BCUT2D eigenvalue weighted by molar-refractivity contribution is 8.00. The van der Waals surface area contributed by atoms with Crippen molar-refractivity contribution in [2.75, 3.05) is 25.4 Å². The Balaban J connectivity index is 1.24. The molecule has 2 fully saturated rings. The number of hydrogen-bond acceptors (Lipinski definition) is 3. The molecule has 0 radical (unpaired) electrons. The van der Waals surface area contributed by atoms with E-state index < -0.39 is 0 Å². The predicted octanol–water partition coefficient (Wildman–Crippen LogP) is 5.74. The molecule has 2 aliphatic rings. The highest BCUT2D eigenvalue weighted by Crippen LogP contribution is 2.36. The Morgan fingerprint density at radius 2 is 1.64 bits per heavy atom. The predicted molar refractivity (Wildman–Crippen MR) is 120 cm³/mol. The Labute approximate surface area is 174 Å². The van der Waals surface area contributed by atoms with Gasteiger partial charge in [0.05, 0.1) is 12.7 Å². The first-order valence-electron chi connectivity index (χ1n) is 10.8. The second-order valence-corrected chi connectivity index (χ2v) is 10.4. The maximum atomic E-state index is 6.46. The second kappa shape index (κ2) is 9.47. The average molecular weight is 396 g/mol. The van der Waals surface area contributed by atoms with Crippen LogP contribution in [0.2, 0.25) is 0 Å². The Morgan fingerprint density at radius 1 is 0.964 bits per heavy atom. The summed E-state index contributed by atoms with van der Waals surface area (Å²) in [6.45, 7) is 6.62. The van der Waals surface area contributed by atoms with Crippen LogP contribution in [0.1, 0.15) is 49.7 Å². The van der Waals surface area contributed by atoms with Gasteiger partial charge < -0.3 is 4.74 Å². The molecule has 0 amide bonds. The molecule has 2 nitrogen and oxygen atoms in total. The van der Waals surface area contributed by atoms with Crippen LogP contribution in [0, 0.1) is 0 Å². The minimum Gasteiger partial charge on any atom is -0.377 e. The van der Waals surface area contributed by atoms with Gasteiger partial charge in [0.15, 0.2) is 0 Å². The Morgan fingerprint density at radius 3 is 2.36 bits per heavy atom. The summed E-state index contributed by atoms with van der Waals surface area (Å²) in [6, 6.07) is 21.9. The second-order valence-electron chi connectivity index (χ2n) is 8.69. The van der Waals surface area contributed by atoms with Crippen molar-refractivity contribution in [3.8, 4) is 0 Å². The van der Waals surface area contributed by atoms with Crippen LogP contribution in [-0.4, -0.2) is 41.2 Å². The Bertz CT molecular complexity index is 714. The number of hydrogen-bond donors (Lipinski definition) is 0. The topological polar surface area (TPSA) is 12.5 Å². The quantitative estimate of drug-likeness (QED) is 0.619. The molecule has 0 spiro atoms. The summed E-state index contributed by atoms with van der Waals surface area (Å²) >= 11 is 2.10. The van der Waals surface area contributed by atoms with Crippen molar-refractivity contribution in [2.24, 2.45) is 0 Å². The van der Waals surface area contributed by atoms with Gasteiger partial charge >= 0.3 is 0 Å². The smallest absolute Gasteiger partial charge is 0.0626 e. The average Bonchev–Trinajstić information content (AvgIpc) is 2.74. The molecule has 4 rings (SSSR count). The maximum absolute atomic E-state index is 6.46. The van der Waals surface area contributed by atoms with E-state index in [-0.39, 0.29) is 4.75 Å². The molecule has 150 valence electrons. The fourth-order valence-corrected chi connectivity index (χ4v) is 5.93. The summed E-state index contributed by atoms with van der Waals surface area (Å²) in [7, 11) is 0. The number of rotatable bonds is 6. The van der Waals surface area contributed by atoms with Crippen LogP contribution < -0.4 is 0 Å². The molecule has 1 atom stereocenters. The first kappa shape index (κ1) is 20.0. The van der Waals surface area contributed by atoms with Gasteiger partial charge in [-0.1, -0.05) is 60.7 Å². The van der Waals surface area contributed by atoms with Crippen LogP contribution in [-0.2, 0) is 11.3 Å². The van der Waals surface area contributed by atoms with Gasteiger partial charge in [0.1, 0.15) is 0 Å². The highest BCUT2D eigenvalue weighted by Gasteiger charge is 2.33. The van der Waals surface area contributed by atoms with Gasteiger partial charge in [0.25, 0.3) is 0 Å². The molecule has 3 heteroatoms. The third-order valence-electron chi connectivity index (χ3n) is 6.23. The van der Waals surface area contributed by atoms with E-state index in [2.05, 4.69) is 84.2 Å². The Hall–Kier alpha value is -1.29. The van der Waals surface area contributed by atoms with Crippen LogP contribution in [0.25, 0.3) is 0 Å². The number of benzene rings is 2. The lowest BCUT2D eigenvalue weighted by atomic mass is 9.83. The van der Waals surface area contributed by atoms with Crippen LogP contribution in [0.15, 0.2) is 60.7 Å². The lowest BCUT2D eigenvalue weighted by Gasteiger charge is -2.41. The molecule has 2 aromatic rings. The summed E-state index contributed by atoms with van der Waals surface area (Å²) < 4.78 is 6.67. The molecule has 1 saturated carbocycles. The molecule has 0 aromatic heterocycles. The van der Waals surface area contributed by atoms with Gasteiger partial charge in [-0.3, -0.25) is 4.90 Å².